The minimum atomic E-state index is 0.631. The van der Waals surface area contributed by atoms with E-state index in [4.69, 9.17) is 15.0 Å². The van der Waals surface area contributed by atoms with Gasteiger partial charge in [-0.05, 0) is 64.8 Å². The Hall–Kier alpha value is -5.74. The summed E-state index contributed by atoms with van der Waals surface area (Å²) in [5.41, 5.74) is 13.3. The van der Waals surface area contributed by atoms with Gasteiger partial charge < -0.3 is 0 Å². The lowest BCUT2D eigenvalue weighted by Crippen LogP contribution is -2.00. The Bertz CT molecular complexity index is 1990. The Balaban J connectivity index is 1.25. The molecular weight excluding hydrogens is 573 g/mol. The maximum atomic E-state index is 4.99. The highest BCUT2D eigenvalue weighted by Gasteiger charge is 2.14. The summed E-state index contributed by atoms with van der Waals surface area (Å²) in [6, 6.07) is 46.9. The van der Waals surface area contributed by atoms with E-state index < -0.39 is 0 Å². The molecule has 0 radical (unpaired) electrons. The van der Waals surface area contributed by atoms with Crippen LogP contribution in [0.25, 0.3) is 67.7 Å². The molecule has 0 saturated carbocycles. The van der Waals surface area contributed by atoms with E-state index in [1.54, 1.807) is 0 Å². The third kappa shape index (κ3) is 6.63. The molecule has 0 aliphatic rings. The zero-order chi connectivity index (χ0) is 32.2. The predicted molar refractivity (Wildman–Crippen MR) is 194 cm³/mol. The summed E-state index contributed by atoms with van der Waals surface area (Å²) in [5, 5.41) is 0. The Morgan fingerprint density at radius 1 is 0.362 bits per heavy atom. The topological polar surface area (TPSA) is 51.6 Å². The Labute approximate surface area is 276 Å². The van der Waals surface area contributed by atoms with Gasteiger partial charge in [0.25, 0.3) is 0 Å². The highest BCUT2D eigenvalue weighted by atomic mass is 15.0. The minimum Gasteiger partial charge on any atom is -0.256 e. The van der Waals surface area contributed by atoms with Crippen LogP contribution in [0.15, 0.2) is 140 Å². The summed E-state index contributed by atoms with van der Waals surface area (Å²) in [6.45, 7) is 6.40. The van der Waals surface area contributed by atoms with Crippen LogP contribution < -0.4 is 0 Å². The maximum Gasteiger partial charge on any atom is 0.164 e. The van der Waals surface area contributed by atoms with Gasteiger partial charge in [0.05, 0.1) is 5.69 Å². The first-order valence-corrected chi connectivity index (χ1v) is 16.3. The summed E-state index contributed by atoms with van der Waals surface area (Å²) >= 11 is 0. The number of hydrogen-bond donors (Lipinski definition) is 0. The van der Waals surface area contributed by atoms with E-state index in [9.17, 15) is 0 Å². The van der Waals surface area contributed by atoms with Crippen LogP contribution in [0.1, 0.15) is 30.5 Å². The molecule has 0 N–H and O–H groups in total. The Morgan fingerprint density at radius 2 is 0.681 bits per heavy atom. The lowest BCUT2D eigenvalue weighted by Gasteiger charge is -2.10. The van der Waals surface area contributed by atoms with Gasteiger partial charge in [0.2, 0.25) is 0 Å². The fourth-order valence-corrected chi connectivity index (χ4v) is 5.68. The molecule has 47 heavy (non-hydrogen) atoms. The van der Waals surface area contributed by atoms with Gasteiger partial charge in [0.1, 0.15) is 0 Å². The van der Waals surface area contributed by atoms with E-state index in [0.717, 1.165) is 57.5 Å². The second kappa shape index (κ2) is 13.3. The van der Waals surface area contributed by atoms with Crippen molar-refractivity contribution in [3.8, 4) is 67.7 Å². The molecule has 0 amide bonds. The predicted octanol–water partition coefficient (Wildman–Crippen LogP) is 10.7. The molecule has 4 nitrogen and oxygen atoms in total. The van der Waals surface area contributed by atoms with Gasteiger partial charge in [-0.2, -0.15) is 0 Å². The monoisotopic (exact) mass is 608 g/mol. The normalized spacial score (nSPS) is 11.0. The van der Waals surface area contributed by atoms with E-state index in [1.165, 1.54) is 22.3 Å². The van der Waals surface area contributed by atoms with Gasteiger partial charge in [-0.1, -0.05) is 141 Å². The number of aromatic nitrogens is 4. The zero-order valence-corrected chi connectivity index (χ0v) is 27.0. The number of benzene rings is 5. The average Bonchev–Trinajstić information content (AvgIpc) is 3.15. The third-order valence-corrected chi connectivity index (χ3v) is 8.66. The van der Waals surface area contributed by atoms with Crippen molar-refractivity contribution in [1.82, 2.24) is 19.9 Å². The third-order valence-electron chi connectivity index (χ3n) is 8.66. The van der Waals surface area contributed by atoms with Crippen molar-refractivity contribution in [2.24, 2.45) is 0 Å². The molecule has 0 bridgehead atoms. The zero-order valence-electron chi connectivity index (χ0n) is 27.0. The largest absolute Gasteiger partial charge is 0.256 e. The molecular formula is C43H36N4. The molecule has 2 heterocycles. The van der Waals surface area contributed by atoms with Crippen molar-refractivity contribution in [3.05, 3.63) is 156 Å². The van der Waals surface area contributed by atoms with Crippen molar-refractivity contribution < 1.29 is 0 Å². The smallest absolute Gasteiger partial charge is 0.164 e. The Kier molecular flexibility index (Phi) is 8.48. The van der Waals surface area contributed by atoms with Gasteiger partial charge in [0.15, 0.2) is 17.5 Å². The molecule has 228 valence electrons. The van der Waals surface area contributed by atoms with Crippen LogP contribution in [0.4, 0.5) is 0 Å². The second-order valence-electron chi connectivity index (χ2n) is 11.9. The van der Waals surface area contributed by atoms with Crippen molar-refractivity contribution in [2.75, 3.05) is 0 Å². The summed E-state index contributed by atoms with van der Waals surface area (Å²) in [6.07, 6.45) is 3.96. The minimum absolute atomic E-state index is 0.631. The first-order chi connectivity index (χ1) is 23.1. The standard InChI is InChI=1S/C43H36N4/c1-4-30-7-11-32(12-8-30)34-15-21-37(22-16-34)41-45-42(38-23-17-35(18-24-38)33-13-9-31(5-2)10-14-33)47-43(46-41)39-25-19-36(20-26-39)40-27-6-29(3)28-44-40/h6-28H,4-5H2,1-3H3. The SMILES string of the molecule is CCc1ccc(-c2ccc(-c3nc(-c4ccc(-c5ccc(CC)cc5)cc4)nc(-c4ccc(-c5ccc(C)cn5)cc4)n3)cc2)cc1. The van der Waals surface area contributed by atoms with Crippen LogP contribution in [0.2, 0.25) is 0 Å². The molecule has 0 spiro atoms. The van der Waals surface area contributed by atoms with Crippen LogP contribution in [-0.4, -0.2) is 19.9 Å². The average molecular weight is 609 g/mol. The van der Waals surface area contributed by atoms with Crippen molar-refractivity contribution in [3.63, 3.8) is 0 Å². The van der Waals surface area contributed by atoms with Gasteiger partial charge >= 0.3 is 0 Å². The lowest BCUT2D eigenvalue weighted by molar-refractivity contribution is 1.07. The highest BCUT2D eigenvalue weighted by molar-refractivity contribution is 5.73. The van der Waals surface area contributed by atoms with Crippen LogP contribution in [0.3, 0.4) is 0 Å². The number of pyridine rings is 1. The summed E-state index contributed by atoms with van der Waals surface area (Å²) in [5.74, 6) is 1.91. The van der Waals surface area contributed by atoms with Crippen LogP contribution in [-0.2, 0) is 12.8 Å². The number of nitrogens with zero attached hydrogens (tertiary/aromatic N) is 4. The maximum absolute atomic E-state index is 4.99. The quantitative estimate of drug-likeness (QED) is 0.172. The molecule has 0 atom stereocenters. The van der Waals surface area contributed by atoms with Gasteiger partial charge in [0, 0.05) is 28.5 Å². The molecule has 0 aliphatic carbocycles. The van der Waals surface area contributed by atoms with Crippen LogP contribution in [0.5, 0.6) is 0 Å². The molecule has 0 unspecified atom stereocenters. The number of aryl methyl sites for hydroxylation is 3. The first-order valence-electron chi connectivity index (χ1n) is 16.3. The van der Waals surface area contributed by atoms with E-state index in [0.29, 0.717) is 17.5 Å². The summed E-state index contributed by atoms with van der Waals surface area (Å²) < 4.78 is 0. The van der Waals surface area contributed by atoms with Gasteiger partial charge in [-0.25, -0.2) is 15.0 Å². The van der Waals surface area contributed by atoms with Crippen molar-refractivity contribution in [1.29, 1.82) is 0 Å². The lowest BCUT2D eigenvalue weighted by atomic mass is 10.0. The van der Waals surface area contributed by atoms with E-state index in [1.807, 2.05) is 19.2 Å². The van der Waals surface area contributed by atoms with Crippen molar-refractivity contribution in [2.45, 2.75) is 33.6 Å². The van der Waals surface area contributed by atoms with Crippen LogP contribution >= 0.6 is 0 Å². The molecule has 0 saturated heterocycles. The number of rotatable bonds is 8. The second-order valence-corrected chi connectivity index (χ2v) is 11.9. The first kappa shape index (κ1) is 29.9. The Morgan fingerprint density at radius 3 is 1.00 bits per heavy atom. The fraction of sp³-hybridized carbons (Fsp3) is 0.116. The molecule has 7 aromatic rings. The molecule has 0 fully saturated rings. The summed E-state index contributed by atoms with van der Waals surface area (Å²) in [4.78, 5) is 19.5. The van der Waals surface area contributed by atoms with E-state index in [-0.39, 0.29) is 0 Å². The molecule has 4 heteroatoms. The molecule has 5 aromatic carbocycles. The van der Waals surface area contributed by atoms with Crippen LogP contribution in [0, 0.1) is 6.92 Å². The van der Waals surface area contributed by atoms with E-state index in [2.05, 4.69) is 146 Å². The van der Waals surface area contributed by atoms with Gasteiger partial charge in [-0.15, -0.1) is 0 Å². The molecule has 2 aromatic heterocycles. The van der Waals surface area contributed by atoms with Crippen molar-refractivity contribution >= 4 is 0 Å². The number of hydrogen-bond acceptors (Lipinski definition) is 4. The highest BCUT2D eigenvalue weighted by Crippen LogP contribution is 2.30. The molecule has 7 rings (SSSR count). The van der Waals surface area contributed by atoms with E-state index >= 15 is 0 Å². The fourth-order valence-electron chi connectivity index (χ4n) is 5.68. The van der Waals surface area contributed by atoms with Gasteiger partial charge in [-0.3, -0.25) is 4.98 Å². The summed E-state index contributed by atoms with van der Waals surface area (Å²) in [7, 11) is 0. The molecule has 0 aliphatic heterocycles.